The number of nitrogens with zero attached hydrogens (tertiary/aromatic N) is 1. The van der Waals surface area contributed by atoms with Crippen LogP contribution in [0.3, 0.4) is 0 Å². The van der Waals surface area contributed by atoms with Crippen LogP contribution in [0, 0.1) is 11.3 Å². The van der Waals surface area contributed by atoms with Crippen LogP contribution >= 0.6 is 0 Å². The van der Waals surface area contributed by atoms with Crippen molar-refractivity contribution in [2.45, 2.75) is 84.2 Å². The van der Waals surface area contributed by atoms with Gasteiger partial charge in [-0.2, -0.15) is 5.26 Å². The number of allylic oxidation sites excluding steroid dienone is 2. The maximum Gasteiger partial charge on any atom is 0.303 e. The van der Waals surface area contributed by atoms with Gasteiger partial charge in [-0.1, -0.05) is 51.2 Å². The fourth-order valence-corrected chi connectivity index (χ4v) is 2.11. The molecule has 0 N–H and O–H groups in total. The quantitative estimate of drug-likeness (QED) is 0.289. The Morgan fingerprint density at radius 2 is 1.70 bits per heavy atom. The lowest BCUT2D eigenvalue weighted by molar-refractivity contribution is -0.144. The molecule has 0 rings (SSSR count). The summed E-state index contributed by atoms with van der Waals surface area (Å²) in [6, 6.07) is 2.02. The second-order valence-corrected chi connectivity index (χ2v) is 5.16. The van der Waals surface area contributed by atoms with Crippen LogP contribution in [-0.2, 0) is 9.53 Å². The number of ether oxygens (including phenoxy) is 1. The van der Waals surface area contributed by atoms with Gasteiger partial charge in [-0.15, -0.1) is 0 Å². The third-order valence-corrected chi connectivity index (χ3v) is 3.19. The second-order valence-electron chi connectivity index (χ2n) is 5.16. The Morgan fingerprint density at radius 1 is 1.10 bits per heavy atom. The summed E-state index contributed by atoms with van der Waals surface area (Å²) < 4.78 is 4.88. The van der Waals surface area contributed by atoms with E-state index < -0.39 is 6.10 Å². The Hall–Kier alpha value is -1.30. The minimum atomic E-state index is -0.558. The molecule has 20 heavy (non-hydrogen) atoms. The normalized spacial score (nSPS) is 12.2. The number of unbranched alkanes of at least 4 members (excludes halogenated alkanes) is 7. The molecule has 0 aromatic heterocycles. The molecule has 0 spiro atoms. The molecule has 0 aromatic carbocycles. The van der Waals surface area contributed by atoms with E-state index in [4.69, 9.17) is 10.00 Å². The lowest BCUT2D eigenvalue weighted by atomic mass is 10.1. The summed E-state index contributed by atoms with van der Waals surface area (Å²) in [5, 5.41) is 8.80. The maximum atomic E-state index is 10.7. The first-order chi connectivity index (χ1) is 9.70. The molecule has 0 radical (unpaired) electrons. The van der Waals surface area contributed by atoms with Crippen LogP contribution in [0.1, 0.15) is 78.1 Å². The zero-order chi connectivity index (χ0) is 15.1. The van der Waals surface area contributed by atoms with Gasteiger partial charge in [0.1, 0.15) is 6.07 Å². The fourth-order valence-electron chi connectivity index (χ4n) is 2.11. The summed E-state index contributed by atoms with van der Waals surface area (Å²) in [6.07, 6.45) is 15.4. The minimum Gasteiger partial charge on any atom is -0.447 e. The topological polar surface area (TPSA) is 50.1 Å². The zero-order valence-corrected chi connectivity index (χ0v) is 13.1. The number of hydrogen-bond acceptors (Lipinski definition) is 3. The molecule has 0 bridgehead atoms. The van der Waals surface area contributed by atoms with Crippen LogP contribution in [0.4, 0.5) is 0 Å². The largest absolute Gasteiger partial charge is 0.447 e. The van der Waals surface area contributed by atoms with Gasteiger partial charge in [-0.3, -0.25) is 4.79 Å². The van der Waals surface area contributed by atoms with Crippen molar-refractivity contribution >= 4 is 5.97 Å². The SMILES string of the molecule is CC/C=C\CCCCCCCCCC(C#N)OC(C)=O. The van der Waals surface area contributed by atoms with Gasteiger partial charge in [0.15, 0.2) is 6.10 Å². The molecule has 0 amide bonds. The average Bonchev–Trinajstić information content (AvgIpc) is 2.43. The van der Waals surface area contributed by atoms with E-state index in [9.17, 15) is 4.79 Å². The summed E-state index contributed by atoms with van der Waals surface area (Å²) in [5.41, 5.74) is 0. The predicted octanol–water partition coefficient (Wildman–Crippen LogP) is 4.92. The van der Waals surface area contributed by atoms with Crippen LogP contribution < -0.4 is 0 Å². The second kappa shape index (κ2) is 14.1. The lowest BCUT2D eigenvalue weighted by Gasteiger charge is -2.08. The number of esters is 1. The van der Waals surface area contributed by atoms with E-state index in [-0.39, 0.29) is 5.97 Å². The molecule has 3 nitrogen and oxygen atoms in total. The highest BCUT2D eigenvalue weighted by Crippen LogP contribution is 2.12. The van der Waals surface area contributed by atoms with E-state index >= 15 is 0 Å². The van der Waals surface area contributed by atoms with Gasteiger partial charge in [0, 0.05) is 6.92 Å². The number of carbonyl (C=O) groups excluding carboxylic acids is 1. The molecule has 1 atom stereocenters. The van der Waals surface area contributed by atoms with E-state index in [2.05, 4.69) is 19.1 Å². The molecule has 114 valence electrons. The Bertz CT molecular complexity index is 305. The van der Waals surface area contributed by atoms with Crippen molar-refractivity contribution in [2.75, 3.05) is 0 Å². The highest BCUT2D eigenvalue weighted by atomic mass is 16.5. The van der Waals surface area contributed by atoms with Crippen molar-refractivity contribution in [3.8, 4) is 6.07 Å². The first-order valence-electron chi connectivity index (χ1n) is 7.92. The first-order valence-corrected chi connectivity index (χ1v) is 7.92. The van der Waals surface area contributed by atoms with Gasteiger partial charge in [0.05, 0.1) is 0 Å². The van der Waals surface area contributed by atoms with Crippen molar-refractivity contribution in [1.82, 2.24) is 0 Å². The summed E-state index contributed by atoms with van der Waals surface area (Å²) in [6.45, 7) is 3.51. The third-order valence-electron chi connectivity index (χ3n) is 3.19. The standard InChI is InChI=1S/C17H29NO2/c1-3-4-5-6-7-8-9-10-11-12-13-14-17(15-18)20-16(2)19/h4-5,17H,3,6-14H2,1-2H3/b5-4-. The van der Waals surface area contributed by atoms with Crippen LogP contribution in [0.2, 0.25) is 0 Å². The molecule has 3 heteroatoms. The Balaban J connectivity index is 3.30. The van der Waals surface area contributed by atoms with E-state index in [0.29, 0.717) is 6.42 Å². The van der Waals surface area contributed by atoms with E-state index in [1.54, 1.807) is 0 Å². The molecule has 0 aliphatic rings. The fraction of sp³-hybridized carbons (Fsp3) is 0.765. The third kappa shape index (κ3) is 13.1. The summed E-state index contributed by atoms with van der Waals surface area (Å²) >= 11 is 0. The Morgan fingerprint density at radius 3 is 2.25 bits per heavy atom. The van der Waals surface area contributed by atoms with E-state index in [1.807, 2.05) is 6.07 Å². The van der Waals surface area contributed by atoms with Crippen LogP contribution in [-0.4, -0.2) is 12.1 Å². The van der Waals surface area contributed by atoms with E-state index in [1.165, 1.54) is 45.4 Å². The summed E-state index contributed by atoms with van der Waals surface area (Å²) in [4.78, 5) is 10.7. The van der Waals surface area contributed by atoms with E-state index in [0.717, 1.165) is 19.3 Å². The lowest BCUT2D eigenvalue weighted by Crippen LogP contribution is -2.13. The zero-order valence-electron chi connectivity index (χ0n) is 13.1. The van der Waals surface area contributed by atoms with Gasteiger partial charge in [-0.25, -0.2) is 0 Å². The van der Waals surface area contributed by atoms with Gasteiger partial charge < -0.3 is 4.74 Å². The number of rotatable bonds is 12. The van der Waals surface area contributed by atoms with Gasteiger partial charge in [-0.05, 0) is 32.1 Å². The Kier molecular flexibility index (Phi) is 13.2. The molecule has 0 heterocycles. The molecule has 0 fully saturated rings. The predicted molar refractivity (Wildman–Crippen MR) is 82.2 cm³/mol. The highest BCUT2D eigenvalue weighted by Gasteiger charge is 2.09. The number of nitriles is 1. The smallest absolute Gasteiger partial charge is 0.303 e. The molecular formula is C17H29NO2. The van der Waals surface area contributed by atoms with Crippen LogP contribution in [0.25, 0.3) is 0 Å². The van der Waals surface area contributed by atoms with Gasteiger partial charge >= 0.3 is 5.97 Å². The van der Waals surface area contributed by atoms with Crippen molar-refractivity contribution in [3.05, 3.63) is 12.2 Å². The number of carbonyl (C=O) groups is 1. The van der Waals surface area contributed by atoms with Crippen molar-refractivity contribution in [3.63, 3.8) is 0 Å². The molecule has 0 aromatic rings. The summed E-state index contributed by atoms with van der Waals surface area (Å²) in [7, 11) is 0. The molecule has 0 saturated carbocycles. The van der Waals surface area contributed by atoms with Crippen molar-refractivity contribution in [1.29, 1.82) is 5.26 Å². The van der Waals surface area contributed by atoms with Crippen LogP contribution in [0.5, 0.6) is 0 Å². The monoisotopic (exact) mass is 279 g/mol. The van der Waals surface area contributed by atoms with Crippen molar-refractivity contribution in [2.24, 2.45) is 0 Å². The van der Waals surface area contributed by atoms with Gasteiger partial charge in [0.25, 0.3) is 0 Å². The highest BCUT2D eigenvalue weighted by molar-refractivity contribution is 5.66. The van der Waals surface area contributed by atoms with Crippen molar-refractivity contribution < 1.29 is 9.53 Å². The number of hydrogen-bond donors (Lipinski definition) is 0. The minimum absolute atomic E-state index is 0.367. The molecule has 1 unspecified atom stereocenters. The van der Waals surface area contributed by atoms with Crippen LogP contribution in [0.15, 0.2) is 12.2 Å². The molecule has 0 saturated heterocycles. The molecular weight excluding hydrogens is 250 g/mol. The molecule has 0 aliphatic carbocycles. The summed E-state index contributed by atoms with van der Waals surface area (Å²) in [5.74, 6) is -0.367. The Labute approximate surface area is 124 Å². The maximum absolute atomic E-state index is 10.7. The first kappa shape index (κ1) is 18.7. The molecule has 0 aliphatic heterocycles. The average molecular weight is 279 g/mol. The van der Waals surface area contributed by atoms with Gasteiger partial charge in [0.2, 0.25) is 0 Å².